The summed E-state index contributed by atoms with van der Waals surface area (Å²) in [5.41, 5.74) is 3.50. The number of rotatable bonds is 9. The lowest BCUT2D eigenvalue weighted by molar-refractivity contribution is -0.113. The second kappa shape index (κ2) is 11.2. The van der Waals surface area contributed by atoms with Crippen LogP contribution in [0.3, 0.4) is 0 Å². The van der Waals surface area contributed by atoms with Crippen LogP contribution in [-0.2, 0) is 21.5 Å². The zero-order valence-electron chi connectivity index (χ0n) is 21.1. The summed E-state index contributed by atoms with van der Waals surface area (Å²) in [6.07, 6.45) is 1.78. The summed E-state index contributed by atoms with van der Waals surface area (Å²) >= 11 is 2.66. The molecule has 1 amide bonds. The van der Waals surface area contributed by atoms with Crippen LogP contribution in [0.5, 0.6) is 0 Å². The number of nitrogens with zero attached hydrogens (tertiary/aromatic N) is 3. The van der Waals surface area contributed by atoms with E-state index in [-0.39, 0.29) is 23.7 Å². The number of amides is 1. The average Bonchev–Trinajstić information content (AvgIpc) is 3.32. The van der Waals surface area contributed by atoms with E-state index in [4.69, 9.17) is 4.74 Å². The zero-order chi connectivity index (χ0) is 25.8. The average molecular weight is 513 g/mol. The summed E-state index contributed by atoms with van der Waals surface area (Å²) in [6.45, 7) is 16.7. The molecule has 9 heteroatoms. The molecule has 0 aliphatic carbocycles. The maximum atomic E-state index is 12.8. The Bertz CT molecular complexity index is 1220. The molecule has 0 radical (unpaired) electrons. The summed E-state index contributed by atoms with van der Waals surface area (Å²) < 4.78 is 7.11. The van der Waals surface area contributed by atoms with Gasteiger partial charge in [0.25, 0.3) is 0 Å². The highest BCUT2D eigenvalue weighted by Gasteiger charge is 2.23. The van der Waals surface area contributed by atoms with Gasteiger partial charge >= 0.3 is 5.97 Å². The van der Waals surface area contributed by atoms with Gasteiger partial charge in [-0.1, -0.05) is 62.9 Å². The topological polar surface area (TPSA) is 86.1 Å². The molecule has 1 aromatic carbocycles. The number of benzene rings is 1. The van der Waals surface area contributed by atoms with Gasteiger partial charge in [-0.2, -0.15) is 0 Å². The molecule has 7 nitrogen and oxygen atoms in total. The lowest BCUT2D eigenvalue weighted by Crippen LogP contribution is -2.17. The van der Waals surface area contributed by atoms with Gasteiger partial charge in [-0.15, -0.1) is 28.1 Å². The number of carbonyl (C=O) groups excluding carboxylic acids is 2. The second-order valence-corrected chi connectivity index (χ2v) is 11.2. The largest absolute Gasteiger partial charge is 0.462 e. The van der Waals surface area contributed by atoms with Crippen molar-refractivity contribution in [2.24, 2.45) is 0 Å². The first-order valence-corrected chi connectivity index (χ1v) is 13.2. The van der Waals surface area contributed by atoms with Crippen LogP contribution in [0.2, 0.25) is 0 Å². The van der Waals surface area contributed by atoms with Crippen molar-refractivity contribution in [2.45, 2.75) is 58.7 Å². The number of hydrogen-bond donors (Lipinski definition) is 1. The van der Waals surface area contributed by atoms with Crippen molar-refractivity contribution in [1.29, 1.82) is 0 Å². The van der Waals surface area contributed by atoms with Gasteiger partial charge in [0.1, 0.15) is 5.00 Å². The molecule has 3 aromatic rings. The molecule has 3 rings (SSSR count). The molecule has 186 valence electrons. The van der Waals surface area contributed by atoms with Crippen LogP contribution in [-0.4, -0.2) is 39.0 Å². The lowest BCUT2D eigenvalue weighted by atomic mass is 9.87. The summed E-state index contributed by atoms with van der Waals surface area (Å²) in [6, 6.07) is 8.30. The fraction of sp³-hybridized carbons (Fsp3) is 0.385. The Hall–Kier alpha value is -2.91. The van der Waals surface area contributed by atoms with Crippen molar-refractivity contribution in [2.75, 3.05) is 17.7 Å². The molecule has 0 unspecified atom stereocenters. The van der Waals surface area contributed by atoms with Crippen molar-refractivity contribution in [3.8, 4) is 11.4 Å². The van der Waals surface area contributed by atoms with Gasteiger partial charge in [-0.3, -0.25) is 9.36 Å². The standard InChI is InChI=1S/C26H32N4O3S2/c1-8-14-30-22(18-10-12-19(13-11-18)26(5,6)7)28-29-25(30)34-15-20(31)27-23-21(24(32)33-9-2)16(3)17(4)35-23/h8,10-13H,1,9,14-15H2,2-7H3,(H,27,31). The highest BCUT2D eigenvalue weighted by molar-refractivity contribution is 7.99. The van der Waals surface area contributed by atoms with Gasteiger partial charge in [0.2, 0.25) is 5.91 Å². The Morgan fingerprint density at radius 2 is 1.89 bits per heavy atom. The maximum Gasteiger partial charge on any atom is 0.341 e. The Labute approximate surface area is 215 Å². The highest BCUT2D eigenvalue weighted by atomic mass is 32.2. The van der Waals surface area contributed by atoms with Gasteiger partial charge in [0.05, 0.1) is 17.9 Å². The van der Waals surface area contributed by atoms with Crippen LogP contribution < -0.4 is 5.32 Å². The molecule has 35 heavy (non-hydrogen) atoms. The number of carbonyl (C=O) groups is 2. The van der Waals surface area contributed by atoms with Gasteiger partial charge in [-0.05, 0) is 37.3 Å². The summed E-state index contributed by atoms with van der Waals surface area (Å²) in [5.74, 6) is 0.190. The first-order chi connectivity index (χ1) is 16.6. The number of aryl methyl sites for hydroxylation is 1. The van der Waals surface area contributed by atoms with Gasteiger partial charge in [-0.25, -0.2) is 4.79 Å². The van der Waals surface area contributed by atoms with E-state index in [1.165, 1.54) is 28.7 Å². The van der Waals surface area contributed by atoms with Gasteiger partial charge < -0.3 is 10.1 Å². The number of anilines is 1. The molecular weight excluding hydrogens is 480 g/mol. The van der Waals surface area contributed by atoms with Crippen LogP contribution >= 0.6 is 23.1 Å². The third-order valence-electron chi connectivity index (χ3n) is 5.49. The van der Waals surface area contributed by atoms with Gasteiger partial charge in [0, 0.05) is 17.0 Å². The molecule has 2 heterocycles. The fourth-order valence-corrected chi connectivity index (χ4v) is 5.29. The third-order valence-corrected chi connectivity index (χ3v) is 7.58. The summed E-state index contributed by atoms with van der Waals surface area (Å²) in [7, 11) is 0. The van der Waals surface area contributed by atoms with Crippen molar-refractivity contribution < 1.29 is 14.3 Å². The number of allylic oxidation sites excluding steroid dienone is 1. The molecule has 0 aliphatic rings. The first-order valence-electron chi connectivity index (χ1n) is 11.4. The van der Waals surface area contributed by atoms with E-state index in [1.807, 2.05) is 30.5 Å². The molecule has 0 saturated carbocycles. The van der Waals surface area contributed by atoms with Crippen molar-refractivity contribution >= 4 is 40.0 Å². The van der Waals surface area contributed by atoms with E-state index in [0.29, 0.717) is 22.3 Å². The molecule has 0 saturated heterocycles. The molecule has 0 spiro atoms. The minimum Gasteiger partial charge on any atom is -0.462 e. The van der Waals surface area contributed by atoms with Crippen LogP contribution in [0.1, 0.15) is 54.1 Å². The predicted molar refractivity (Wildman–Crippen MR) is 143 cm³/mol. The molecule has 2 aromatic heterocycles. The molecular formula is C26H32N4O3S2. The van der Waals surface area contributed by atoms with E-state index in [0.717, 1.165) is 21.8 Å². The second-order valence-electron chi connectivity index (χ2n) is 9.08. The summed E-state index contributed by atoms with van der Waals surface area (Å²) in [5, 5.41) is 12.7. The zero-order valence-corrected chi connectivity index (χ0v) is 22.7. The Kier molecular flexibility index (Phi) is 8.56. The summed E-state index contributed by atoms with van der Waals surface area (Å²) in [4.78, 5) is 26.1. The van der Waals surface area contributed by atoms with Crippen molar-refractivity contribution in [3.63, 3.8) is 0 Å². The third kappa shape index (κ3) is 6.21. The van der Waals surface area contributed by atoms with E-state index in [2.05, 4.69) is 55.0 Å². The number of thiophene rings is 1. The number of aromatic nitrogens is 3. The van der Waals surface area contributed by atoms with E-state index >= 15 is 0 Å². The van der Waals surface area contributed by atoms with Crippen molar-refractivity contribution in [3.05, 3.63) is 58.5 Å². The number of esters is 1. The van der Waals surface area contributed by atoms with Crippen LogP contribution in [0.25, 0.3) is 11.4 Å². The molecule has 1 N–H and O–H groups in total. The Balaban J connectivity index is 1.76. The van der Waals surface area contributed by atoms with Gasteiger partial charge in [0.15, 0.2) is 11.0 Å². The number of thioether (sulfide) groups is 1. The normalized spacial score (nSPS) is 11.4. The smallest absolute Gasteiger partial charge is 0.341 e. The Morgan fingerprint density at radius 3 is 2.49 bits per heavy atom. The van der Waals surface area contributed by atoms with E-state index in [1.54, 1.807) is 13.0 Å². The SMILES string of the molecule is C=CCn1c(SCC(=O)Nc2sc(C)c(C)c2C(=O)OCC)nnc1-c1ccc(C(C)(C)C)cc1. The number of nitrogens with one attached hydrogen (secondary N) is 1. The quantitative estimate of drug-likeness (QED) is 0.215. The minimum atomic E-state index is -0.426. The first kappa shape index (κ1) is 26.7. The van der Waals surface area contributed by atoms with Crippen molar-refractivity contribution in [1.82, 2.24) is 14.8 Å². The molecule has 0 bridgehead atoms. The maximum absolute atomic E-state index is 12.8. The number of hydrogen-bond acceptors (Lipinski definition) is 7. The van der Waals surface area contributed by atoms with Crippen LogP contribution in [0.4, 0.5) is 5.00 Å². The monoisotopic (exact) mass is 512 g/mol. The fourth-order valence-electron chi connectivity index (χ4n) is 3.48. The lowest BCUT2D eigenvalue weighted by Gasteiger charge is -2.19. The predicted octanol–water partition coefficient (Wildman–Crippen LogP) is 6.01. The van der Waals surface area contributed by atoms with Crippen LogP contribution in [0.15, 0.2) is 42.1 Å². The Morgan fingerprint density at radius 1 is 1.20 bits per heavy atom. The minimum absolute atomic E-state index is 0.0640. The molecule has 0 fully saturated rings. The highest BCUT2D eigenvalue weighted by Crippen LogP contribution is 2.33. The molecule has 0 aliphatic heterocycles. The molecule has 0 atom stereocenters. The number of ether oxygens (including phenoxy) is 1. The van der Waals surface area contributed by atoms with Crippen LogP contribution in [0, 0.1) is 13.8 Å². The van der Waals surface area contributed by atoms with E-state index in [9.17, 15) is 9.59 Å². The van der Waals surface area contributed by atoms with E-state index < -0.39 is 5.97 Å².